The molecule has 0 bridgehead atoms. The monoisotopic (exact) mass is 345 g/mol. The van der Waals surface area contributed by atoms with Gasteiger partial charge >= 0.3 is 0 Å². The van der Waals surface area contributed by atoms with Crippen LogP contribution in [0.5, 0.6) is 0 Å². The number of thiophene rings is 1. The van der Waals surface area contributed by atoms with Crippen molar-refractivity contribution in [1.29, 1.82) is 0 Å². The van der Waals surface area contributed by atoms with E-state index in [1.807, 2.05) is 0 Å². The smallest absolute Gasteiger partial charge is 0.194 e. The van der Waals surface area contributed by atoms with Crippen molar-refractivity contribution in [3.05, 3.63) is 20.8 Å². The Morgan fingerprint density at radius 1 is 1.63 bits per heavy atom. The fraction of sp³-hybridized carbons (Fsp3) is 0.615. The number of aliphatic hydroxyl groups is 1. The van der Waals surface area contributed by atoms with Crippen molar-refractivity contribution >= 4 is 33.2 Å². The Morgan fingerprint density at radius 3 is 3.05 bits per heavy atom. The first-order valence-electron chi connectivity index (χ1n) is 6.64. The predicted octanol–water partition coefficient (Wildman–Crippen LogP) is 2.09. The molecule has 0 saturated carbocycles. The van der Waals surface area contributed by atoms with Crippen molar-refractivity contribution in [2.24, 2.45) is 4.99 Å². The van der Waals surface area contributed by atoms with E-state index in [1.54, 1.807) is 11.3 Å². The number of likely N-dealkylation sites (tertiary alicyclic amines) is 1. The molecule has 1 aliphatic rings. The summed E-state index contributed by atoms with van der Waals surface area (Å²) in [5.41, 5.74) is 0. The van der Waals surface area contributed by atoms with Crippen LogP contribution < -0.4 is 5.32 Å². The molecule has 1 fully saturated rings. The zero-order valence-corrected chi connectivity index (χ0v) is 13.5. The molecule has 1 aromatic heterocycles. The number of β-amino-alcohol motifs (C(OH)–C–C–N with tert-alkyl or cyclic N) is 1. The highest BCUT2D eigenvalue weighted by Gasteiger charge is 2.22. The van der Waals surface area contributed by atoms with Crippen molar-refractivity contribution in [2.45, 2.75) is 25.9 Å². The molecule has 0 amide bonds. The minimum absolute atomic E-state index is 0.211. The lowest BCUT2D eigenvalue weighted by molar-refractivity contribution is 0.188. The third-order valence-electron chi connectivity index (χ3n) is 3.05. The van der Waals surface area contributed by atoms with Gasteiger partial charge in [-0.1, -0.05) is 0 Å². The molecule has 106 valence electrons. The normalized spacial score (nSPS) is 20.1. The van der Waals surface area contributed by atoms with Crippen LogP contribution in [0.3, 0.4) is 0 Å². The second-order valence-corrected chi connectivity index (χ2v) is 7.13. The third kappa shape index (κ3) is 4.47. The van der Waals surface area contributed by atoms with Gasteiger partial charge in [0.1, 0.15) is 0 Å². The molecule has 0 aromatic carbocycles. The molecular weight excluding hydrogens is 326 g/mol. The van der Waals surface area contributed by atoms with E-state index >= 15 is 0 Å². The molecule has 1 aromatic rings. The van der Waals surface area contributed by atoms with Crippen LogP contribution in [0.1, 0.15) is 18.2 Å². The number of halogens is 1. The van der Waals surface area contributed by atoms with Crippen LogP contribution in [0.15, 0.2) is 20.9 Å². The van der Waals surface area contributed by atoms with Gasteiger partial charge in [0.05, 0.1) is 9.89 Å². The van der Waals surface area contributed by atoms with E-state index in [0.717, 1.165) is 38.4 Å². The molecule has 6 heteroatoms. The minimum atomic E-state index is -0.211. The molecule has 0 radical (unpaired) electrons. The first kappa shape index (κ1) is 14.8. The van der Waals surface area contributed by atoms with Crippen LogP contribution in [0.2, 0.25) is 0 Å². The topological polar surface area (TPSA) is 47.9 Å². The number of hydrogen-bond donors (Lipinski definition) is 2. The van der Waals surface area contributed by atoms with Gasteiger partial charge < -0.3 is 15.3 Å². The van der Waals surface area contributed by atoms with E-state index < -0.39 is 0 Å². The highest BCUT2D eigenvalue weighted by Crippen LogP contribution is 2.22. The standard InChI is InChI=1S/C13H20BrN3OS/c1-2-15-13(17-8-6-10(18)9-17)16-7-5-11-3-4-12(14)19-11/h3-4,10,18H,2,5-9H2,1H3,(H,15,16)/t10-/m1/s1. The average Bonchev–Trinajstić information content (AvgIpc) is 2.97. The number of aliphatic imine (C=N–C) groups is 1. The van der Waals surface area contributed by atoms with Gasteiger partial charge in [-0.2, -0.15) is 0 Å². The molecule has 4 nitrogen and oxygen atoms in total. The Hall–Kier alpha value is -0.590. The number of rotatable bonds is 4. The van der Waals surface area contributed by atoms with Gasteiger partial charge in [0.25, 0.3) is 0 Å². The van der Waals surface area contributed by atoms with Crippen LogP contribution in [0.4, 0.5) is 0 Å². The van der Waals surface area contributed by atoms with Gasteiger partial charge in [-0.05, 0) is 41.4 Å². The van der Waals surface area contributed by atoms with E-state index in [0.29, 0.717) is 6.54 Å². The summed E-state index contributed by atoms with van der Waals surface area (Å²) in [6, 6.07) is 4.21. The summed E-state index contributed by atoms with van der Waals surface area (Å²) >= 11 is 5.23. The molecule has 1 aliphatic heterocycles. The molecule has 0 aliphatic carbocycles. The van der Waals surface area contributed by atoms with Gasteiger partial charge in [-0.25, -0.2) is 0 Å². The van der Waals surface area contributed by atoms with Crippen LogP contribution >= 0.6 is 27.3 Å². The largest absolute Gasteiger partial charge is 0.391 e. The molecule has 0 unspecified atom stereocenters. The van der Waals surface area contributed by atoms with Gasteiger partial charge in [-0.15, -0.1) is 11.3 Å². The van der Waals surface area contributed by atoms with Crippen molar-refractivity contribution in [3.8, 4) is 0 Å². The molecule has 0 spiro atoms. The number of aliphatic hydroxyl groups excluding tert-OH is 1. The zero-order chi connectivity index (χ0) is 13.7. The average molecular weight is 346 g/mol. The van der Waals surface area contributed by atoms with E-state index in [4.69, 9.17) is 0 Å². The molecule has 19 heavy (non-hydrogen) atoms. The summed E-state index contributed by atoms with van der Waals surface area (Å²) in [7, 11) is 0. The zero-order valence-electron chi connectivity index (χ0n) is 11.1. The van der Waals surface area contributed by atoms with E-state index in [2.05, 4.69) is 50.2 Å². The summed E-state index contributed by atoms with van der Waals surface area (Å²) in [6.45, 7) is 5.28. The number of hydrogen-bond acceptors (Lipinski definition) is 3. The first-order valence-corrected chi connectivity index (χ1v) is 8.25. The van der Waals surface area contributed by atoms with E-state index in [1.165, 1.54) is 8.66 Å². The van der Waals surface area contributed by atoms with Gasteiger partial charge in [0.2, 0.25) is 0 Å². The Labute approximate surface area is 126 Å². The third-order valence-corrected chi connectivity index (χ3v) is 4.73. The Balaban J connectivity index is 1.89. The SMILES string of the molecule is CCNC(=NCCc1ccc(Br)s1)N1CC[C@@H](O)C1. The maximum absolute atomic E-state index is 9.59. The van der Waals surface area contributed by atoms with Crippen molar-refractivity contribution in [2.75, 3.05) is 26.2 Å². The van der Waals surface area contributed by atoms with Crippen molar-refractivity contribution in [1.82, 2.24) is 10.2 Å². The second-order valence-electron chi connectivity index (χ2n) is 4.58. The summed E-state index contributed by atoms with van der Waals surface area (Å²) in [6.07, 6.45) is 1.58. The van der Waals surface area contributed by atoms with Crippen molar-refractivity contribution < 1.29 is 5.11 Å². The lowest BCUT2D eigenvalue weighted by atomic mass is 10.3. The maximum Gasteiger partial charge on any atom is 0.194 e. The molecule has 2 rings (SSSR count). The maximum atomic E-state index is 9.59. The van der Waals surface area contributed by atoms with E-state index in [-0.39, 0.29) is 6.10 Å². The first-order chi connectivity index (χ1) is 9.19. The predicted molar refractivity (Wildman–Crippen MR) is 83.9 cm³/mol. The molecular formula is C13H20BrN3OS. The molecule has 2 heterocycles. The second kappa shape index (κ2) is 7.26. The highest BCUT2D eigenvalue weighted by molar-refractivity contribution is 9.11. The molecule has 2 N–H and O–H groups in total. The van der Waals surface area contributed by atoms with Gasteiger partial charge in [-0.3, -0.25) is 4.99 Å². The van der Waals surface area contributed by atoms with Crippen LogP contribution in [0.25, 0.3) is 0 Å². The summed E-state index contributed by atoms with van der Waals surface area (Å²) < 4.78 is 1.17. The van der Waals surface area contributed by atoms with Crippen LogP contribution in [-0.4, -0.2) is 48.2 Å². The molecule has 1 saturated heterocycles. The summed E-state index contributed by atoms with van der Waals surface area (Å²) in [4.78, 5) is 8.12. The van der Waals surface area contributed by atoms with Crippen LogP contribution in [0, 0.1) is 0 Å². The van der Waals surface area contributed by atoms with Crippen molar-refractivity contribution in [3.63, 3.8) is 0 Å². The minimum Gasteiger partial charge on any atom is -0.391 e. The fourth-order valence-corrected chi connectivity index (χ4v) is 3.59. The van der Waals surface area contributed by atoms with Gasteiger partial charge in [0, 0.05) is 37.5 Å². The fourth-order valence-electron chi connectivity index (χ4n) is 2.12. The highest BCUT2D eigenvalue weighted by atomic mass is 79.9. The molecule has 1 atom stereocenters. The summed E-state index contributed by atoms with van der Waals surface area (Å²) in [5.74, 6) is 0.926. The Kier molecular flexibility index (Phi) is 5.66. The lowest BCUT2D eigenvalue weighted by Gasteiger charge is -2.20. The lowest BCUT2D eigenvalue weighted by Crippen LogP contribution is -2.40. The number of nitrogens with one attached hydrogen (secondary N) is 1. The number of nitrogens with zero attached hydrogens (tertiary/aromatic N) is 2. The van der Waals surface area contributed by atoms with Gasteiger partial charge in [0.15, 0.2) is 5.96 Å². The Bertz CT molecular complexity index is 435. The van der Waals surface area contributed by atoms with E-state index in [9.17, 15) is 5.11 Å². The van der Waals surface area contributed by atoms with Crippen LogP contribution in [-0.2, 0) is 6.42 Å². The quantitative estimate of drug-likeness (QED) is 0.648. The summed E-state index contributed by atoms with van der Waals surface area (Å²) in [5, 5.41) is 12.9. The Morgan fingerprint density at radius 2 is 2.47 bits per heavy atom. The number of guanidine groups is 1.